The summed E-state index contributed by atoms with van der Waals surface area (Å²) in [4.78, 5) is 4.34. The minimum Gasteiger partial charge on any atom is -0.436 e. The van der Waals surface area contributed by atoms with Gasteiger partial charge in [0.25, 0.3) is 0 Å². The second-order valence-electron chi connectivity index (χ2n) is 4.00. The zero-order valence-corrected chi connectivity index (χ0v) is 9.87. The van der Waals surface area contributed by atoms with Crippen molar-refractivity contribution in [2.45, 2.75) is 6.92 Å². The molecule has 0 aliphatic carbocycles. The van der Waals surface area contributed by atoms with E-state index in [9.17, 15) is 0 Å². The highest BCUT2D eigenvalue weighted by Crippen LogP contribution is 2.29. The fourth-order valence-corrected chi connectivity index (χ4v) is 1.77. The molecule has 0 atom stereocenters. The zero-order chi connectivity index (χ0) is 12.5. The summed E-state index contributed by atoms with van der Waals surface area (Å²) >= 11 is 0. The van der Waals surface area contributed by atoms with Crippen molar-refractivity contribution in [1.82, 2.24) is 14.6 Å². The van der Waals surface area contributed by atoms with Gasteiger partial charge in [0, 0.05) is 18.3 Å². The van der Waals surface area contributed by atoms with Gasteiger partial charge in [0.1, 0.15) is 0 Å². The molecule has 0 fully saturated rings. The van der Waals surface area contributed by atoms with Crippen molar-refractivity contribution in [3.8, 4) is 11.6 Å². The van der Waals surface area contributed by atoms with Gasteiger partial charge in [-0.1, -0.05) is 12.1 Å². The predicted molar refractivity (Wildman–Crippen MR) is 68.7 cm³/mol. The molecule has 5 heteroatoms. The molecule has 5 nitrogen and oxygen atoms in total. The molecule has 0 saturated heterocycles. The van der Waals surface area contributed by atoms with E-state index in [2.05, 4.69) is 10.1 Å². The molecule has 0 spiro atoms. The fraction of sp³-hybridized carbons (Fsp3) is 0.0769. The molecule has 90 valence electrons. The van der Waals surface area contributed by atoms with Gasteiger partial charge in [-0.05, 0) is 18.6 Å². The summed E-state index contributed by atoms with van der Waals surface area (Å²) in [5, 5.41) is 4.08. The molecular formula is C13H12N4O. The lowest BCUT2D eigenvalue weighted by atomic mass is 10.2. The lowest BCUT2D eigenvalue weighted by molar-refractivity contribution is 0.461. The van der Waals surface area contributed by atoms with E-state index < -0.39 is 0 Å². The summed E-state index contributed by atoms with van der Waals surface area (Å²) in [6.07, 6.45) is 3.49. The minimum absolute atomic E-state index is 0.504. The molecule has 2 aromatic heterocycles. The zero-order valence-electron chi connectivity index (χ0n) is 9.87. The number of para-hydroxylation sites is 1. The van der Waals surface area contributed by atoms with Gasteiger partial charge in [-0.25, -0.2) is 4.52 Å². The molecule has 0 amide bonds. The van der Waals surface area contributed by atoms with E-state index in [4.69, 9.17) is 10.5 Å². The Morgan fingerprint density at radius 1 is 1.22 bits per heavy atom. The topological polar surface area (TPSA) is 65.4 Å². The first kappa shape index (κ1) is 10.6. The number of hydrogen-bond acceptors (Lipinski definition) is 4. The normalized spacial score (nSPS) is 10.7. The van der Waals surface area contributed by atoms with Crippen LogP contribution in [0, 0.1) is 6.92 Å². The van der Waals surface area contributed by atoms with Crippen molar-refractivity contribution in [2.24, 2.45) is 0 Å². The lowest BCUT2D eigenvalue weighted by Crippen LogP contribution is -1.97. The lowest BCUT2D eigenvalue weighted by Gasteiger charge is -2.10. The van der Waals surface area contributed by atoms with Crippen molar-refractivity contribution in [3.05, 3.63) is 48.3 Å². The summed E-state index contributed by atoms with van der Waals surface area (Å²) in [5.74, 6) is 1.15. The molecule has 18 heavy (non-hydrogen) atoms. The Balaban J connectivity index is 2.00. The van der Waals surface area contributed by atoms with Crippen molar-refractivity contribution in [2.75, 3.05) is 5.73 Å². The van der Waals surface area contributed by atoms with Gasteiger partial charge in [-0.15, -0.1) is 0 Å². The Labute approximate surface area is 104 Å². The molecular weight excluding hydrogens is 228 g/mol. The van der Waals surface area contributed by atoms with Crippen molar-refractivity contribution < 1.29 is 4.74 Å². The number of nitrogens with zero attached hydrogens (tertiary/aromatic N) is 3. The average Bonchev–Trinajstić information content (AvgIpc) is 2.81. The van der Waals surface area contributed by atoms with Crippen LogP contribution in [0.4, 0.5) is 5.69 Å². The average molecular weight is 240 g/mol. The highest BCUT2D eigenvalue weighted by Gasteiger charge is 2.07. The number of rotatable bonds is 2. The number of nitrogens with two attached hydrogens (primary N) is 1. The summed E-state index contributed by atoms with van der Waals surface area (Å²) in [6, 6.07) is 9.22. The molecule has 3 rings (SSSR count). The number of anilines is 1. The van der Waals surface area contributed by atoms with Gasteiger partial charge < -0.3 is 10.5 Å². The number of ether oxygens (including phenoxy) is 1. The highest BCUT2D eigenvalue weighted by molar-refractivity contribution is 5.57. The molecule has 3 aromatic rings. The molecule has 1 aromatic carbocycles. The molecule has 0 aliphatic rings. The Hall–Kier alpha value is -2.56. The molecule has 0 aliphatic heterocycles. The van der Waals surface area contributed by atoms with E-state index in [-0.39, 0.29) is 0 Å². The quantitative estimate of drug-likeness (QED) is 0.698. The van der Waals surface area contributed by atoms with Gasteiger partial charge >= 0.3 is 0 Å². The van der Waals surface area contributed by atoms with Gasteiger partial charge in [0.2, 0.25) is 5.88 Å². The number of hydrogen-bond donors (Lipinski definition) is 1. The summed E-state index contributed by atoms with van der Waals surface area (Å²) < 4.78 is 7.41. The van der Waals surface area contributed by atoms with Crippen molar-refractivity contribution in [1.29, 1.82) is 0 Å². The molecule has 0 saturated carbocycles. The van der Waals surface area contributed by atoms with Gasteiger partial charge in [0.15, 0.2) is 11.4 Å². The maximum atomic E-state index is 5.89. The Kier molecular flexibility index (Phi) is 2.37. The molecule has 0 bridgehead atoms. The number of fused-ring (bicyclic) bond motifs is 1. The van der Waals surface area contributed by atoms with Crippen molar-refractivity contribution >= 4 is 11.3 Å². The summed E-state index contributed by atoms with van der Waals surface area (Å²) in [7, 11) is 0. The maximum Gasteiger partial charge on any atom is 0.222 e. The van der Waals surface area contributed by atoms with Crippen LogP contribution < -0.4 is 10.5 Å². The predicted octanol–water partition coefficient (Wildman–Crippen LogP) is 2.41. The fourth-order valence-electron chi connectivity index (χ4n) is 1.77. The van der Waals surface area contributed by atoms with E-state index in [1.807, 2.05) is 25.1 Å². The number of nitrogen functional groups attached to an aromatic ring is 1. The van der Waals surface area contributed by atoms with E-state index >= 15 is 0 Å². The van der Waals surface area contributed by atoms with Gasteiger partial charge in [-0.3, -0.25) is 0 Å². The van der Waals surface area contributed by atoms with Crippen LogP contribution in [0.1, 0.15) is 5.56 Å². The standard InChI is InChI=1S/C13H12N4O/c1-9-3-2-4-10(14)13(9)18-12-6-8-17-11(16-12)5-7-15-17/h2-8H,14H2,1H3. The van der Waals surface area contributed by atoms with E-state index in [0.717, 1.165) is 11.2 Å². The van der Waals surface area contributed by atoms with E-state index in [1.165, 1.54) is 0 Å². The maximum absolute atomic E-state index is 5.89. The Bertz CT molecular complexity index is 685. The number of aromatic nitrogens is 3. The molecule has 2 heterocycles. The van der Waals surface area contributed by atoms with E-state index in [0.29, 0.717) is 17.3 Å². The highest BCUT2D eigenvalue weighted by atomic mass is 16.5. The monoisotopic (exact) mass is 240 g/mol. The van der Waals surface area contributed by atoms with Crippen LogP contribution in [0.15, 0.2) is 42.7 Å². The van der Waals surface area contributed by atoms with Crippen LogP contribution in [0.25, 0.3) is 5.65 Å². The molecule has 0 radical (unpaired) electrons. The van der Waals surface area contributed by atoms with Crippen LogP contribution in [0.3, 0.4) is 0 Å². The largest absolute Gasteiger partial charge is 0.436 e. The van der Waals surface area contributed by atoms with Crippen molar-refractivity contribution in [3.63, 3.8) is 0 Å². The molecule has 0 unspecified atom stereocenters. The second kappa shape index (κ2) is 4.03. The number of aryl methyl sites for hydroxylation is 1. The first-order chi connectivity index (χ1) is 8.74. The minimum atomic E-state index is 0.504. The van der Waals surface area contributed by atoms with Gasteiger partial charge in [0.05, 0.1) is 11.9 Å². The first-order valence-electron chi connectivity index (χ1n) is 5.57. The van der Waals surface area contributed by atoms with Crippen LogP contribution >= 0.6 is 0 Å². The smallest absolute Gasteiger partial charge is 0.222 e. The third-order valence-corrected chi connectivity index (χ3v) is 2.68. The molecule has 2 N–H and O–H groups in total. The Morgan fingerprint density at radius 2 is 2.11 bits per heavy atom. The number of benzene rings is 1. The third kappa shape index (κ3) is 1.75. The Morgan fingerprint density at radius 3 is 2.94 bits per heavy atom. The van der Waals surface area contributed by atoms with Crippen LogP contribution in [-0.4, -0.2) is 14.6 Å². The van der Waals surface area contributed by atoms with Crippen LogP contribution in [-0.2, 0) is 0 Å². The summed E-state index contributed by atoms with van der Waals surface area (Å²) in [6.45, 7) is 1.95. The first-order valence-corrected chi connectivity index (χ1v) is 5.57. The van der Waals surface area contributed by atoms with Crippen LogP contribution in [0.2, 0.25) is 0 Å². The summed E-state index contributed by atoms with van der Waals surface area (Å²) in [5.41, 5.74) is 8.21. The SMILES string of the molecule is Cc1cccc(N)c1Oc1ccn2nccc2n1. The van der Waals surface area contributed by atoms with Crippen LogP contribution in [0.5, 0.6) is 11.6 Å². The van der Waals surface area contributed by atoms with Gasteiger partial charge in [-0.2, -0.15) is 10.1 Å². The second-order valence-corrected chi connectivity index (χ2v) is 4.00. The third-order valence-electron chi connectivity index (χ3n) is 2.68. The van der Waals surface area contributed by atoms with E-state index in [1.54, 1.807) is 29.0 Å².